The Kier molecular flexibility index (Phi) is 80.2. The highest BCUT2D eigenvalue weighted by Gasteiger charge is 2.30. The van der Waals surface area contributed by atoms with Gasteiger partial charge in [-0.25, -0.2) is 32.8 Å². The highest BCUT2D eigenvalue weighted by Crippen LogP contribution is 2.28. The van der Waals surface area contributed by atoms with Gasteiger partial charge in [0.15, 0.2) is 30.6 Å². The topological polar surface area (TPSA) is 441 Å². The smallest absolute Gasteiger partial charge is 0.407 e. The van der Waals surface area contributed by atoms with Gasteiger partial charge in [-0.1, -0.05) is 46.5 Å². The summed E-state index contributed by atoms with van der Waals surface area (Å²) in [5.41, 5.74) is 4.03. The average Bonchev–Trinajstić information content (AvgIpc) is 0.810. The van der Waals surface area contributed by atoms with Crippen molar-refractivity contribution in [3.63, 3.8) is 0 Å². The largest absolute Gasteiger partial charge is 0.482 e. The first kappa shape index (κ1) is 132. The van der Waals surface area contributed by atoms with Crippen molar-refractivity contribution in [2.24, 2.45) is 5.73 Å². The summed E-state index contributed by atoms with van der Waals surface area (Å²) in [7, 11) is 3.27. The standard InChI is InChI=1S/C43H74N2O16.C37H50F4N2O12.C11H25NO5.3CH4/c1-42(2,3)60-40(48)34-59-36-12-10-35(11-13-36)33-37(38(46)9-8-16-51-21-24-55-29-32-58-28-27-54-20-19-50-7)45-39(47)14-17-52-22-25-56-30-31-57-26-23-53-18-15-44-41(49)61-43(4,5)6;1-36(2,3)54-30(45)23-52-25-9-7-24(8-10-25)21-28(34(46)53-33-31(40)26(38)22-27(39)32(33)41)43-29(44)11-13-48-15-17-50-19-20-51-18-16-49-14-12-42-35(47)55-37(4,5)6;1-13-4-5-15-8-9-17-11-10-16-7-6-14-3-2-12;;;/h10-13,37H,8-9,14-34H2,1-7H3,(H,44,49)(H,45,47);7-10,22,28H,11-21,23H2,1-6H3,(H,42,47)(H,43,44);2-12H2,1H3;3*1H4. The van der Waals surface area contributed by atoms with E-state index in [1.165, 1.54) is 24.3 Å². The molecule has 3 aromatic rings. The quantitative estimate of drug-likeness (QED) is 0.00876. The summed E-state index contributed by atoms with van der Waals surface area (Å²) in [6.07, 6.45) is -0.506. The zero-order valence-electron chi connectivity index (χ0n) is 80.2. The van der Waals surface area contributed by atoms with Crippen LogP contribution in [0.15, 0.2) is 54.6 Å². The van der Waals surface area contributed by atoms with Crippen LogP contribution in [0.25, 0.3) is 0 Å². The van der Waals surface area contributed by atoms with Crippen LogP contribution in [0.4, 0.5) is 27.2 Å². The maximum Gasteiger partial charge on any atom is 0.407 e. The van der Waals surface area contributed by atoms with E-state index in [0.29, 0.717) is 216 Å². The number of benzene rings is 3. The molecule has 38 nitrogen and oxygen atoms in total. The monoisotopic (exact) mass is 1960 g/mol. The molecule has 3 aromatic carbocycles. The summed E-state index contributed by atoms with van der Waals surface area (Å²) in [5, 5.41) is 10.5. The summed E-state index contributed by atoms with van der Waals surface area (Å²) in [6.45, 7) is 35.4. The molecular formula is C94H161F4N5O33. The Bertz CT molecular complexity index is 3500. The Morgan fingerprint density at radius 3 is 0.912 bits per heavy atom. The molecule has 0 fully saturated rings. The fourth-order valence-electron chi connectivity index (χ4n) is 10.1. The molecule has 42 heteroatoms. The van der Waals surface area contributed by atoms with Crippen molar-refractivity contribution in [3.05, 3.63) is 89.0 Å². The third-order valence-corrected chi connectivity index (χ3v) is 16.0. The first-order chi connectivity index (χ1) is 63.4. The van der Waals surface area contributed by atoms with Crippen LogP contribution in [0.2, 0.25) is 0 Å². The normalized spacial score (nSPS) is 11.7. The summed E-state index contributed by atoms with van der Waals surface area (Å²) in [4.78, 5) is 99.2. The zero-order valence-corrected chi connectivity index (χ0v) is 80.2. The fourth-order valence-corrected chi connectivity index (χ4v) is 10.1. The molecule has 2 atom stereocenters. The number of esters is 3. The highest BCUT2D eigenvalue weighted by atomic mass is 19.2. The van der Waals surface area contributed by atoms with E-state index in [1.807, 2.05) is 0 Å². The van der Waals surface area contributed by atoms with E-state index in [-0.39, 0.29) is 137 Å². The van der Waals surface area contributed by atoms with Crippen LogP contribution in [0.1, 0.15) is 142 Å². The van der Waals surface area contributed by atoms with Gasteiger partial charge in [-0.05, 0) is 131 Å². The van der Waals surface area contributed by atoms with Crippen LogP contribution in [-0.2, 0) is 146 Å². The van der Waals surface area contributed by atoms with E-state index in [4.69, 9.17) is 124 Å². The number of amides is 4. The third kappa shape index (κ3) is 79.7. The van der Waals surface area contributed by atoms with Gasteiger partial charge < -0.3 is 145 Å². The predicted octanol–water partition coefficient (Wildman–Crippen LogP) is 9.62. The number of rotatable bonds is 75. The molecule has 3 rings (SSSR count). The Morgan fingerprint density at radius 1 is 0.338 bits per heavy atom. The number of methoxy groups -OCH3 is 2. The Morgan fingerprint density at radius 2 is 0.610 bits per heavy atom. The van der Waals surface area contributed by atoms with Gasteiger partial charge in [-0.15, -0.1) is 0 Å². The molecule has 0 bridgehead atoms. The molecule has 2 unspecified atom stereocenters. The number of hydrogen-bond acceptors (Lipinski definition) is 34. The summed E-state index contributed by atoms with van der Waals surface area (Å²) in [6, 6.07) is 10.6. The van der Waals surface area contributed by atoms with Crippen molar-refractivity contribution in [2.45, 2.75) is 178 Å². The average molecular weight is 1970 g/mol. The molecule has 788 valence electrons. The second-order valence-electron chi connectivity index (χ2n) is 32.4. The van der Waals surface area contributed by atoms with Gasteiger partial charge in [0.05, 0.1) is 224 Å². The van der Waals surface area contributed by atoms with E-state index in [0.717, 1.165) is 5.56 Å². The number of nitrogens with two attached hydrogens (primary N) is 1. The van der Waals surface area contributed by atoms with Gasteiger partial charge in [-0.3, -0.25) is 14.4 Å². The number of ether oxygens (including phenoxy) is 25. The van der Waals surface area contributed by atoms with Crippen LogP contribution in [0, 0.1) is 23.3 Å². The molecule has 0 aliphatic rings. The maximum atomic E-state index is 14.3. The number of carbonyl (C=O) groups excluding carboxylic acids is 8. The fraction of sp³-hybridized carbons (Fsp3) is 0.723. The van der Waals surface area contributed by atoms with Crippen molar-refractivity contribution >= 4 is 47.7 Å². The Hall–Kier alpha value is -8.22. The number of Topliss-reactive ketones (excluding diaryl/α,β-unsaturated/α-hetero) is 1. The van der Waals surface area contributed by atoms with E-state index in [1.54, 1.807) is 122 Å². The zero-order chi connectivity index (χ0) is 98.7. The van der Waals surface area contributed by atoms with E-state index >= 15 is 0 Å². The molecular weight excluding hydrogens is 1800 g/mol. The lowest BCUT2D eigenvalue weighted by atomic mass is 9.99. The Balaban J connectivity index is -0.00000218. The first-order valence-electron chi connectivity index (χ1n) is 44.3. The lowest BCUT2D eigenvalue weighted by Gasteiger charge is -2.20. The molecule has 0 heterocycles. The van der Waals surface area contributed by atoms with Crippen molar-refractivity contribution in [1.82, 2.24) is 21.3 Å². The van der Waals surface area contributed by atoms with Crippen LogP contribution in [0.3, 0.4) is 0 Å². The minimum Gasteiger partial charge on any atom is -0.482 e. The number of hydrogen-bond donors (Lipinski definition) is 5. The van der Waals surface area contributed by atoms with Crippen LogP contribution in [-0.4, -0.2) is 354 Å². The van der Waals surface area contributed by atoms with Crippen molar-refractivity contribution < 1.29 is 174 Å². The minimum absolute atomic E-state index is 0. The number of nitrogens with one attached hydrogen (secondary N) is 4. The first-order valence-corrected chi connectivity index (χ1v) is 44.3. The SMILES string of the molecule is C.C.C.CC(C)(C)OC(=O)COc1ccc(CC(NC(=O)CCOCCOCCOCCOCCNC(=O)OC(C)(C)C)C(=O)Oc2c(F)c(F)cc(F)c2F)cc1.COCCOCCOCCOCCOCCCC(=O)C(Cc1ccc(OCC(=O)OC(C)(C)C)cc1)NC(=O)CCOCCOCCOCCOCCNC(=O)OC(C)(C)C.COCCOCCOCCOCCOCCN. The van der Waals surface area contributed by atoms with Crippen LogP contribution >= 0.6 is 0 Å². The predicted molar refractivity (Wildman–Crippen MR) is 497 cm³/mol. The highest BCUT2D eigenvalue weighted by molar-refractivity contribution is 5.89. The molecule has 4 amide bonds. The molecule has 0 aromatic heterocycles. The van der Waals surface area contributed by atoms with Gasteiger partial charge in [0.2, 0.25) is 29.2 Å². The summed E-state index contributed by atoms with van der Waals surface area (Å²) in [5.74, 6) is -11.9. The van der Waals surface area contributed by atoms with E-state index < -0.39 is 99.5 Å². The number of halogens is 4. The lowest BCUT2D eigenvalue weighted by molar-refractivity contribution is -0.158. The number of alkyl carbamates (subject to hydrolysis) is 2. The summed E-state index contributed by atoms with van der Waals surface area (Å²) < 4.78 is 189. The minimum atomic E-state index is -1.93. The van der Waals surface area contributed by atoms with Crippen molar-refractivity contribution in [1.29, 1.82) is 0 Å². The molecule has 0 saturated carbocycles. The van der Waals surface area contributed by atoms with E-state index in [9.17, 15) is 55.9 Å². The molecule has 0 saturated heterocycles. The van der Waals surface area contributed by atoms with Crippen LogP contribution < -0.4 is 41.2 Å². The van der Waals surface area contributed by atoms with Gasteiger partial charge >= 0.3 is 30.1 Å². The number of carbonyl (C=O) groups is 8. The lowest BCUT2D eigenvalue weighted by Crippen LogP contribution is -2.45. The molecule has 136 heavy (non-hydrogen) atoms. The molecule has 0 aliphatic carbocycles. The second-order valence-corrected chi connectivity index (χ2v) is 32.4. The summed E-state index contributed by atoms with van der Waals surface area (Å²) >= 11 is 0. The molecule has 0 radical (unpaired) electrons. The van der Waals surface area contributed by atoms with Crippen molar-refractivity contribution in [2.75, 3.05) is 272 Å². The molecule has 0 spiro atoms. The molecule has 6 N–H and O–H groups in total. The second kappa shape index (κ2) is 82.7. The third-order valence-electron chi connectivity index (χ3n) is 16.0. The van der Waals surface area contributed by atoms with E-state index in [2.05, 4.69) is 21.3 Å². The Labute approximate surface area is 802 Å². The van der Waals surface area contributed by atoms with Gasteiger partial charge in [0.1, 0.15) is 39.9 Å². The van der Waals surface area contributed by atoms with Gasteiger partial charge in [-0.2, -0.15) is 8.78 Å². The maximum absolute atomic E-state index is 14.3. The number of ketones is 1. The molecule has 0 aliphatic heterocycles. The van der Waals surface area contributed by atoms with Gasteiger partial charge in [0, 0.05) is 72.2 Å². The van der Waals surface area contributed by atoms with Gasteiger partial charge in [0.25, 0.3) is 0 Å². The van der Waals surface area contributed by atoms with Crippen LogP contribution in [0.5, 0.6) is 17.2 Å². The van der Waals surface area contributed by atoms with Crippen molar-refractivity contribution in [3.8, 4) is 17.2 Å².